The summed E-state index contributed by atoms with van der Waals surface area (Å²) in [7, 11) is 0. The summed E-state index contributed by atoms with van der Waals surface area (Å²) in [6, 6.07) is 16.2. The molecule has 0 radical (unpaired) electrons. The van der Waals surface area contributed by atoms with Crippen molar-refractivity contribution >= 4 is 71.0 Å². The van der Waals surface area contributed by atoms with Crippen molar-refractivity contribution in [1.29, 1.82) is 0 Å². The molecule has 0 unspecified atom stereocenters. The molecule has 0 heterocycles. The van der Waals surface area contributed by atoms with E-state index in [-0.39, 0.29) is 0 Å². The number of hydrogen-bond acceptors (Lipinski definition) is 2. The Labute approximate surface area is 180 Å². The minimum atomic E-state index is 0.588. The molecule has 2 nitrogen and oxygen atoms in total. The first-order valence-electron chi connectivity index (χ1n) is 6.98. The van der Waals surface area contributed by atoms with Crippen molar-refractivity contribution in [3.8, 4) is 23.0 Å². The third kappa shape index (κ3) is 4.72. The molecule has 0 aliphatic heterocycles. The van der Waals surface area contributed by atoms with Gasteiger partial charge in [-0.25, -0.2) is 0 Å². The van der Waals surface area contributed by atoms with Gasteiger partial charge in [0.15, 0.2) is 0 Å². The topological polar surface area (TPSA) is 18.5 Å². The standard InChI is InChI=1S/C18H9Br3Cl2O2/c19-12-6-4-10(22)8-16(12)24-14-2-1-3-15(18(14)21)25-17-9-11(23)5-7-13(17)20/h1-9H. The monoisotopic (exact) mass is 564 g/mol. The highest BCUT2D eigenvalue weighted by atomic mass is 79.9. The fourth-order valence-corrected chi connectivity index (χ4v) is 3.40. The van der Waals surface area contributed by atoms with Crippen LogP contribution in [0.3, 0.4) is 0 Å². The highest BCUT2D eigenvalue weighted by Crippen LogP contribution is 2.42. The van der Waals surface area contributed by atoms with Crippen LogP contribution in [0.4, 0.5) is 0 Å². The second-order valence-corrected chi connectivity index (χ2v) is 8.30. The quantitative estimate of drug-likeness (QED) is 0.313. The lowest BCUT2D eigenvalue weighted by Gasteiger charge is -2.14. The van der Waals surface area contributed by atoms with Crippen molar-refractivity contribution in [2.75, 3.05) is 0 Å². The van der Waals surface area contributed by atoms with Crippen molar-refractivity contribution in [2.45, 2.75) is 0 Å². The second-order valence-electron chi connectivity index (χ2n) is 4.92. The Morgan fingerprint density at radius 3 is 1.48 bits per heavy atom. The van der Waals surface area contributed by atoms with Crippen LogP contribution in [0.1, 0.15) is 0 Å². The Kier molecular flexibility index (Phi) is 6.34. The summed E-state index contributed by atoms with van der Waals surface area (Å²) in [6.07, 6.45) is 0. The van der Waals surface area contributed by atoms with Crippen LogP contribution in [0.5, 0.6) is 23.0 Å². The molecule has 128 valence electrons. The number of benzene rings is 3. The Morgan fingerprint density at radius 2 is 1.04 bits per heavy atom. The summed E-state index contributed by atoms with van der Waals surface area (Å²) in [5, 5.41) is 1.18. The van der Waals surface area contributed by atoms with Crippen LogP contribution >= 0.6 is 71.0 Å². The molecule has 0 aliphatic rings. The normalized spacial score (nSPS) is 10.6. The molecule has 0 aromatic heterocycles. The number of rotatable bonds is 4. The largest absolute Gasteiger partial charge is 0.455 e. The molecule has 0 amide bonds. The van der Waals surface area contributed by atoms with Crippen LogP contribution in [-0.4, -0.2) is 0 Å². The summed E-state index contributed by atoms with van der Waals surface area (Å²) in [4.78, 5) is 0. The molecule has 0 atom stereocenters. The molecule has 0 spiro atoms. The maximum absolute atomic E-state index is 6.04. The van der Waals surface area contributed by atoms with E-state index in [1.807, 2.05) is 30.3 Å². The summed E-state index contributed by atoms with van der Waals surface area (Å²) < 4.78 is 14.2. The van der Waals surface area contributed by atoms with Gasteiger partial charge in [-0.2, -0.15) is 0 Å². The lowest BCUT2D eigenvalue weighted by atomic mass is 10.3. The van der Waals surface area contributed by atoms with E-state index in [4.69, 9.17) is 32.7 Å². The van der Waals surface area contributed by atoms with Crippen molar-refractivity contribution in [3.05, 3.63) is 78.1 Å². The van der Waals surface area contributed by atoms with Gasteiger partial charge in [0.25, 0.3) is 0 Å². The second kappa shape index (κ2) is 8.31. The van der Waals surface area contributed by atoms with Crippen molar-refractivity contribution in [2.24, 2.45) is 0 Å². The number of ether oxygens (including phenoxy) is 2. The van der Waals surface area contributed by atoms with Gasteiger partial charge < -0.3 is 9.47 Å². The first-order valence-corrected chi connectivity index (χ1v) is 10.1. The number of halogens is 5. The van der Waals surface area contributed by atoms with Crippen LogP contribution in [0.25, 0.3) is 0 Å². The maximum Gasteiger partial charge on any atom is 0.145 e. The zero-order valence-electron chi connectivity index (χ0n) is 12.4. The zero-order valence-corrected chi connectivity index (χ0v) is 18.7. The lowest BCUT2D eigenvalue weighted by molar-refractivity contribution is 0.452. The first kappa shape index (κ1) is 19.1. The van der Waals surface area contributed by atoms with Gasteiger partial charge in [-0.15, -0.1) is 0 Å². The smallest absolute Gasteiger partial charge is 0.145 e. The van der Waals surface area contributed by atoms with Gasteiger partial charge in [0.2, 0.25) is 0 Å². The highest BCUT2D eigenvalue weighted by Gasteiger charge is 2.13. The SMILES string of the molecule is Clc1ccc(Br)c(Oc2cccc(Oc3cc(Cl)ccc3Br)c2Br)c1. The van der Waals surface area contributed by atoms with Crippen molar-refractivity contribution in [1.82, 2.24) is 0 Å². The van der Waals surface area contributed by atoms with E-state index < -0.39 is 0 Å². The lowest BCUT2D eigenvalue weighted by Crippen LogP contribution is -1.91. The van der Waals surface area contributed by atoms with Gasteiger partial charge in [-0.3, -0.25) is 0 Å². The van der Waals surface area contributed by atoms with Gasteiger partial charge in [0, 0.05) is 22.2 Å². The van der Waals surface area contributed by atoms with Gasteiger partial charge in [-0.1, -0.05) is 29.3 Å². The average Bonchev–Trinajstić information content (AvgIpc) is 2.58. The van der Waals surface area contributed by atoms with Gasteiger partial charge in [-0.05, 0) is 84.2 Å². The molecule has 3 aromatic rings. The molecule has 3 rings (SSSR count). The summed E-state index contributed by atoms with van der Waals surface area (Å²) in [6.45, 7) is 0. The fraction of sp³-hybridized carbons (Fsp3) is 0. The Balaban J connectivity index is 1.92. The Bertz CT molecular complexity index is 860. The fourth-order valence-electron chi connectivity index (χ4n) is 2.00. The molecule has 0 aliphatic carbocycles. The molecule has 25 heavy (non-hydrogen) atoms. The molecule has 0 fully saturated rings. The maximum atomic E-state index is 6.04. The number of hydrogen-bond donors (Lipinski definition) is 0. The molecule has 7 heteroatoms. The molecule has 0 saturated heterocycles. The molecule has 0 saturated carbocycles. The predicted molar refractivity (Wildman–Crippen MR) is 113 cm³/mol. The van der Waals surface area contributed by atoms with Crippen LogP contribution in [0.15, 0.2) is 68.0 Å². The van der Waals surface area contributed by atoms with Crippen LogP contribution in [0, 0.1) is 0 Å². The Hall–Kier alpha value is -0.720. The van der Waals surface area contributed by atoms with E-state index in [2.05, 4.69) is 47.8 Å². The van der Waals surface area contributed by atoms with E-state index in [9.17, 15) is 0 Å². The zero-order chi connectivity index (χ0) is 18.0. The van der Waals surface area contributed by atoms with Crippen molar-refractivity contribution in [3.63, 3.8) is 0 Å². The first-order chi connectivity index (χ1) is 11.9. The highest BCUT2D eigenvalue weighted by molar-refractivity contribution is 9.11. The molecule has 3 aromatic carbocycles. The summed E-state index contributed by atoms with van der Waals surface area (Å²) in [5.41, 5.74) is 0. The molecule has 0 bridgehead atoms. The van der Waals surface area contributed by atoms with Gasteiger partial charge in [0.05, 0.1) is 8.95 Å². The van der Waals surface area contributed by atoms with Gasteiger partial charge >= 0.3 is 0 Å². The van der Waals surface area contributed by atoms with Gasteiger partial charge in [0.1, 0.15) is 27.5 Å². The third-order valence-electron chi connectivity index (χ3n) is 3.15. The summed E-state index contributed by atoms with van der Waals surface area (Å²) >= 11 is 22.5. The average molecular weight is 568 g/mol. The minimum absolute atomic E-state index is 0.588. The molecular formula is C18H9Br3Cl2O2. The molecule has 0 N–H and O–H groups in total. The Morgan fingerprint density at radius 1 is 0.600 bits per heavy atom. The van der Waals surface area contributed by atoms with Crippen LogP contribution < -0.4 is 9.47 Å². The van der Waals surface area contributed by atoms with Crippen LogP contribution in [0.2, 0.25) is 10.0 Å². The van der Waals surface area contributed by atoms with E-state index in [0.29, 0.717) is 37.5 Å². The molecular weight excluding hydrogens is 559 g/mol. The van der Waals surface area contributed by atoms with E-state index in [1.165, 1.54) is 0 Å². The van der Waals surface area contributed by atoms with E-state index >= 15 is 0 Å². The minimum Gasteiger partial charge on any atom is -0.455 e. The van der Waals surface area contributed by atoms with Crippen LogP contribution in [-0.2, 0) is 0 Å². The van der Waals surface area contributed by atoms with E-state index in [1.54, 1.807) is 24.3 Å². The van der Waals surface area contributed by atoms with E-state index in [0.717, 1.165) is 8.95 Å². The van der Waals surface area contributed by atoms with Crippen molar-refractivity contribution < 1.29 is 9.47 Å². The predicted octanol–water partition coefficient (Wildman–Crippen LogP) is 8.87. The summed E-state index contributed by atoms with van der Waals surface area (Å²) in [5.74, 6) is 2.40. The third-order valence-corrected chi connectivity index (χ3v) is 5.72.